The van der Waals surface area contributed by atoms with E-state index in [-0.39, 0.29) is 11.9 Å². The third-order valence-electron chi connectivity index (χ3n) is 5.65. The Morgan fingerprint density at radius 1 is 1.31 bits per heavy atom. The lowest BCUT2D eigenvalue weighted by Crippen LogP contribution is -2.34. The molecule has 1 amide bonds. The van der Waals surface area contributed by atoms with Crippen LogP contribution in [0.15, 0.2) is 30.3 Å². The molecule has 1 aromatic heterocycles. The van der Waals surface area contributed by atoms with Gasteiger partial charge in [-0.1, -0.05) is 50.6 Å². The highest BCUT2D eigenvalue weighted by Gasteiger charge is 2.30. The molecule has 0 saturated carbocycles. The molecule has 0 N–H and O–H groups in total. The fourth-order valence-corrected chi connectivity index (χ4v) is 3.86. The van der Waals surface area contributed by atoms with Gasteiger partial charge in [0.25, 0.3) is 0 Å². The van der Waals surface area contributed by atoms with Gasteiger partial charge in [-0.2, -0.15) is 5.10 Å². The van der Waals surface area contributed by atoms with Gasteiger partial charge < -0.3 is 4.90 Å². The lowest BCUT2D eigenvalue weighted by molar-refractivity contribution is -0.133. The van der Waals surface area contributed by atoms with E-state index in [1.54, 1.807) is 0 Å². The fraction of sp³-hybridized carbons (Fsp3) is 0.545. The zero-order chi connectivity index (χ0) is 18.7. The van der Waals surface area contributed by atoms with Gasteiger partial charge >= 0.3 is 0 Å². The molecule has 2 atom stereocenters. The number of carbonyl (C=O) groups is 1. The first-order valence-electron chi connectivity index (χ1n) is 9.96. The molecule has 4 heteroatoms. The van der Waals surface area contributed by atoms with Gasteiger partial charge in [-0.25, -0.2) is 0 Å². The first-order chi connectivity index (χ1) is 12.5. The average Bonchev–Trinajstić information content (AvgIpc) is 3.28. The van der Waals surface area contributed by atoms with Gasteiger partial charge in [-0.3, -0.25) is 9.48 Å². The Kier molecular flexibility index (Phi) is 5.80. The Bertz CT molecular complexity index is 764. The Morgan fingerprint density at radius 2 is 2.12 bits per heavy atom. The normalized spacial score (nSPS) is 18.3. The van der Waals surface area contributed by atoms with Crippen LogP contribution in [0.4, 0.5) is 0 Å². The number of aromatic nitrogens is 2. The van der Waals surface area contributed by atoms with Crippen molar-refractivity contribution in [1.82, 2.24) is 14.7 Å². The molecule has 3 rings (SSSR count). The first-order valence-corrected chi connectivity index (χ1v) is 9.96. The third kappa shape index (κ3) is 3.84. The number of amides is 1. The number of carbonyl (C=O) groups excluding carboxylic acids is 1. The van der Waals surface area contributed by atoms with Crippen molar-refractivity contribution >= 4 is 5.91 Å². The van der Waals surface area contributed by atoms with E-state index in [1.165, 1.54) is 11.1 Å². The molecule has 1 aromatic carbocycles. The minimum Gasteiger partial charge on any atom is -0.334 e. The van der Waals surface area contributed by atoms with Gasteiger partial charge in [0.2, 0.25) is 5.91 Å². The second-order valence-electron chi connectivity index (χ2n) is 7.54. The number of hydrogen-bond acceptors (Lipinski definition) is 2. The van der Waals surface area contributed by atoms with Crippen molar-refractivity contribution in [2.24, 2.45) is 0 Å². The molecule has 2 aromatic rings. The first kappa shape index (κ1) is 18.7. The molecule has 0 spiro atoms. The van der Waals surface area contributed by atoms with E-state index in [0.717, 1.165) is 43.6 Å². The van der Waals surface area contributed by atoms with Crippen LogP contribution in [0.5, 0.6) is 0 Å². The van der Waals surface area contributed by atoms with Crippen LogP contribution in [-0.4, -0.2) is 27.1 Å². The molecule has 0 aliphatic carbocycles. The van der Waals surface area contributed by atoms with Crippen molar-refractivity contribution in [1.29, 1.82) is 0 Å². The molecule has 4 nitrogen and oxygen atoms in total. The summed E-state index contributed by atoms with van der Waals surface area (Å²) in [5, 5.41) is 4.74. The predicted molar refractivity (Wildman–Crippen MR) is 105 cm³/mol. The highest BCUT2D eigenvalue weighted by molar-refractivity contribution is 5.77. The smallest absolute Gasteiger partial charge is 0.244 e. The van der Waals surface area contributed by atoms with Crippen LogP contribution >= 0.6 is 0 Å². The predicted octanol–water partition coefficient (Wildman–Crippen LogP) is 4.63. The fourth-order valence-electron chi connectivity index (χ4n) is 3.86. The van der Waals surface area contributed by atoms with Crippen LogP contribution in [0, 0.1) is 6.92 Å². The Balaban J connectivity index is 1.78. The molecule has 1 fully saturated rings. The standard InChI is InChI=1S/C22H31N3O/c1-5-17(4)20-14-19(6-2)25(23-20)15-22(26)24-12-8-11-21(24)18-10-7-9-16(3)13-18/h7,9-10,13-14,17,21H,5-6,8,11-12,15H2,1-4H3. The summed E-state index contributed by atoms with van der Waals surface area (Å²) in [5.41, 5.74) is 4.77. The molecule has 0 radical (unpaired) electrons. The number of benzene rings is 1. The van der Waals surface area contributed by atoms with E-state index in [2.05, 4.69) is 62.9 Å². The summed E-state index contributed by atoms with van der Waals surface area (Å²) in [6.45, 7) is 9.81. The molecule has 2 unspecified atom stereocenters. The number of likely N-dealkylation sites (tertiary alicyclic amines) is 1. The molecule has 1 aliphatic rings. The van der Waals surface area contributed by atoms with Gasteiger partial charge in [-0.15, -0.1) is 0 Å². The molecule has 0 bridgehead atoms. The van der Waals surface area contributed by atoms with Crippen molar-refractivity contribution in [2.45, 2.75) is 71.9 Å². The van der Waals surface area contributed by atoms with Crippen molar-refractivity contribution < 1.29 is 4.79 Å². The van der Waals surface area contributed by atoms with E-state index in [1.807, 2.05) is 4.68 Å². The Morgan fingerprint density at radius 3 is 2.81 bits per heavy atom. The summed E-state index contributed by atoms with van der Waals surface area (Å²) < 4.78 is 1.93. The highest BCUT2D eigenvalue weighted by atomic mass is 16.2. The van der Waals surface area contributed by atoms with Gasteiger partial charge in [0.15, 0.2) is 0 Å². The largest absolute Gasteiger partial charge is 0.334 e. The van der Waals surface area contributed by atoms with E-state index < -0.39 is 0 Å². The van der Waals surface area contributed by atoms with Gasteiger partial charge in [0.05, 0.1) is 11.7 Å². The van der Waals surface area contributed by atoms with Crippen LogP contribution in [-0.2, 0) is 17.8 Å². The van der Waals surface area contributed by atoms with Crippen molar-refractivity contribution in [3.63, 3.8) is 0 Å². The van der Waals surface area contributed by atoms with Crippen LogP contribution < -0.4 is 0 Å². The SMILES string of the molecule is CCc1cc(C(C)CC)nn1CC(=O)N1CCCC1c1cccc(C)c1. The molecule has 140 valence electrons. The summed E-state index contributed by atoms with van der Waals surface area (Å²) >= 11 is 0. The number of rotatable bonds is 6. The second-order valence-corrected chi connectivity index (χ2v) is 7.54. The summed E-state index contributed by atoms with van der Waals surface area (Å²) in [6, 6.07) is 10.9. The van der Waals surface area contributed by atoms with Crippen molar-refractivity contribution in [2.75, 3.05) is 6.54 Å². The second kappa shape index (κ2) is 8.07. The number of aryl methyl sites for hydroxylation is 2. The minimum atomic E-state index is 0.183. The average molecular weight is 354 g/mol. The summed E-state index contributed by atoms with van der Waals surface area (Å²) in [5.74, 6) is 0.617. The molecule has 26 heavy (non-hydrogen) atoms. The van der Waals surface area contributed by atoms with E-state index in [4.69, 9.17) is 5.10 Å². The monoisotopic (exact) mass is 353 g/mol. The minimum absolute atomic E-state index is 0.183. The van der Waals surface area contributed by atoms with Crippen LogP contribution in [0.2, 0.25) is 0 Å². The van der Waals surface area contributed by atoms with Crippen molar-refractivity contribution in [3.8, 4) is 0 Å². The van der Waals surface area contributed by atoms with Crippen LogP contribution in [0.25, 0.3) is 0 Å². The zero-order valence-electron chi connectivity index (χ0n) is 16.5. The maximum atomic E-state index is 13.1. The number of nitrogens with zero attached hydrogens (tertiary/aromatic N) is 3. The zero-order valence-corrected chi connectivity index (χ0v) is 16.5. The topological polar surface area (TPSA) is 38.1 Å². The summed E-state index contributed by atoms with van der Waals surface area (Å²) in [6.07, 6.45) is 4.09. The van der Waals surface area contributed by atoms with E-state index in [0.29, 0.717) is 12.5 Å². The molecule has 2 heterocycles. The molecular weight excluding hydrogens is 322 g/mol. The molecule has 1 saturated heterocycles. The van der Waals surface area contributed by atoms with Gasteiger partial charge in [0, 0.05) is 12.2 Å². The van der Waals surface area contributed by atoms with Gasteiger partial charge in [0.1, 0.15) is 6.54 Å². The lowest BCUT2D eigenvalue weighted by atomic mass is 10.0. The third-order valence-corrected chi connectivity index (χ3v) is 5.65. The van der Waals surface area contributed by atoms with Gasteiger partial charge in [-0.05, 0) is 50.2 Å². The maximum Gasteiger partial charge on any atom is 0.244 e. The maximum absolute atomic E-state index is 13.1. The Hall–Kier alpha value is -2.10. The van der Waals surface area contributed by atoms with E-state index in [9.17, 15) is 4.79 Å². The quantitative estimate of drug-likeness (QED) is 0.759. The van der Waals surface area contributed by atoms with Crippen LogP contribution in [0.1, 0.15) is 74.5 Å². The van der Waals surface area contributed by atoms with E-state index >= 15 is 0 Å². The highest BCUT2D eigenvalue weighted by Crippen LogP contribution is 2.32. The Labute approximate surface area is 157 Å². The summed E-state index contributed by atoms with van der Waals surface area (Å²) in [7, 11) is 0. The van der Waals surface area contributed by atoms with Crippen molar-refractivity contribution in [3.05, 3.63) is 52.8 Å². The number of hydrogen-bond donors (Lipinski definition) is 0. The summed E-state index contributed by atoms with van der Waals surface area (Å²) in [4.78, 5) is 15.1. The lowest BCUT2D eigenvalue weighted by Gasteiger charge is -2.25. The molecular formula is C22H31N3O. The molecule has 1 aliphatic heterocycles. The van der Waals surface area contributed by atoms with Crippen LogP contribution in [0.3, 0.4) is 0 Å².